The molecule has 0 N–H and O–H groups in total. The number of imidazole rings is 1. The lowest BCUT2D eigenvalue weighted by atomic mass is 10.4. The van der Waals surface area contributed by atoms with Gasteiger partial charge in [0.2, 0.25) is 0 Å². The van der Waals surface area contributed by atoms with Crippen molar-refractivity contribution in [2.75, 3.05) is 13.7 Å². The highest BCUT2D eigenvalue weighted by atomic mass is 16.6. The molecule has 1 aliphatic heterocycles. The summed E-state index contributed by atoms with van der Waals surface area (Å²) in [6.45, 7) is 1.00. The molecule has 1 atom stereocenters. The van der Waals surface area contributed by atoms with E-state index in [1.54, 1.807) is 11.7 Å². The Balaban J connectivity index is 2.12. The van der Waals surface area contributed by atoms with Crippen LogP contribution in [0.3, 0.4) is 0 Å². The zero-order valence-electron chi connectivity index (χ0n) is 7.54. The lowest BCUT2D eigenvalue weighted by Crippen LogP contribution is -2.20. The molecule has 76 valence electrons. The van der Waals surface area contributed by atoms with Gasteiger partial charge in [0.15, 0.2) is 0 Å². The molecule has 1 unspecified atom stereocenters. The fourth-order valence-electron chi connectivity index (χ4n) is 1.38. The van der Waals surface area contributed by atoms with Crippen LogP contribution in [0.15, 0.2) is 6.20 Å². The second kappa shape index (κ2) is 3.26. The number of methoxy groups -OCH3 is 1. The molecule has 2 heterocycles. The lowest BCUT2D eigenvalue weighted by Gasteiger charge is -2.05. The quantitative estimate of drug-likeness (QED) is 0.513. The summed E-state index contributed by atoms with van der Waals surface area (Å²) in [6, 6.07) is 0.291. The number of nitro groups is 1. The van der Waals surface area contributed by atoms with E-state index in [1.807, 2.05) is 0 Å². The first-order valence-corrected chi connectivity index (χ1v) is 4.08. The molecule has 0 aromatic carbocycles. The highest BCUT2D eigenvalue weighted by Gasteiger charge is 2.30. The average molecular weight is 199 g/mol. The molecule has 14 heavy (non-hydrogen) atoms. The zero-order chi connectivity index (χ0) is 10.1. The van der Waals surface area contributed by atoms with Gasteiger partial charge in [0, 0.05) is 12.1 Å². The molecule has 7 heteroatoms. The minimum Gasteiger partial charge on any atom is -0.438 e. The summed E-state index contributed by atoms with van der Waals surface area (Å²) in [6.07, 6.45) is 1.27. The van der Waals surface area contributed by atoms with Crippen LogP contribution < -0.4 is 4.74 Å². The molecular weight excluding hydrogens is 190 g/mol. The minimum atomic E-state index is -0.542. The van der Waals surface area contributed by atoms with Crippen LogP contribution in [0.1, 0.15) is 0 Å². The van der Waals surface area contributed by atoms with Crippen LogP contribution in [-0.4, -0.2) is 34.3 Å². The van der Waals surface area contributed by atoms with Gasteiger partial charge in [-0.2, -0.15) is 0 Å². The Kier molecular flexibility index (Phi) is 2.08. The van der Waals surface area contributed by atoms with Crippen molar-refractivity contribution in [3.05, 3.63) is 16.3 Å². The van der Waals surface area contributed by atoms with Crippen LogP contribution in [0, 0.1) is 10.1 Å². The van der Waals surface area contributed by atoms with E-state index in [4.69, 9.17) is 9.47 Å². The van der Waals surface area contributed by atoms with Crippen molar-refractivity contribution >= 4 is 5.82 Å². The number of ether oxygens (including phenoxy) is 2. The van der Waals surface area contributed by atoms with E-state index in [0.29, 0.717) is 19.2 Å². The number of hydrogen-bond donors (Lipinski definition) is 0. The SMILES string of the molecule is COCC1Cn2cc([N+](=O)[O-])nc2O1. The molecule has 0 bridgehead atoms. The van der Waals surface area contributed by atoms with Crippen molar-refractivity contribution in [2.24, 2.45) is 0 Å². The Hall–Kier alpha value is -1.63. The molecule has 1 aromatic heterocycles. The second-order valence-electron chi connectivity index (χ2n) is 2.99. The van der Waals surface area contributed by atoms with Gasteiger partial charge in [0.05, 0.1) is 13.2 Å². The molecule has 1 aliphatic rings. The monoisotopic (exact) mass is 199 g/mol. The van der Waals surface area contributed by atoms with Crippen molar-refractivity contribution in [2.45, 2.75) is 12.6 Å². The molecule has 0 aliphatic carbocycles. The van der Waals surface area contributed by atoms with Crippen LogP contribution in [0.2, 0.25) is 0 Å². The highest BCUT2D eigenvalue weighted by Crippen LogP contribution is 2.24. The van der Waals surface area contributed by atoms with Gasteiger partial charge >= 0.3 is 11.8 Å². The maximum Gasteiger partial charge on any atom is 0.414 e. The third kappa shape index (κ3) is 1.41. The van der Waals surface area contributed by atoms with E-state index >= 15 is 0 Å². The molecule has 7 nitrogen and oxygen atoms in total. The molecule has 2 rings (SSSR count). The third-order valence-electron chi connectivity index (χ3n) is 1.94. The largest absolute Gasteiger partial charge is 0.438 e. The van der Waals surface area contributed by atoms with Gasteiger partial charge in [-0.15, -0.1) is 0 Å². The topological polar surface area (TPSA) is 79.4 Å². The number of fused-ring (bicyclic) bond motifs is 1. The Morgan fingerprint density at radius 2 is 2.71 bits per heavy atom. The first-order valence-electron chi connectivity index (χ1n) is 4.08. The summed E-state index contributed by atoms with van der Waals surface area (Å²) >= 11 is 0. The summed E-state index contributed by atoms with van der Waals surface area (Å²) in [5.74, 6) is -0.184. The Bertz CT molecular complexity index is 338. The number of nitrogens with zero attached hydrogens (tertiary/aromatic N) is 3. The van der Waals surface area contributed by atoms with Crippen molar-refractivity contribution in [3.8, 4) is 6.01 Å². The van der Waals surface area contributed by atoms with Gasteiger partial charge in [-0.05, 0) is 4.92 Å². The Labute approximate surface area is 79.4 Å². The summed E-state index contributed by atoms with van der Waals surface area (Å²) in [4.78, 5) is 13.5. The van der Waals surface area contributed by atoms with Gasteiger partial charge in [-0.25, -0.2) is 0 Å². The zero-order valence-corrected chi connectivity index (χ0v) is 7.54. The van der Waals surface area contributed by atoms with Crippen LogP contribution in [0.5, 0.6) is 6.01 Å². The van der Waals surface area contributed by atoms with E-state index in [1.165, 1.54) is 6.20 Å². The molecule has 0 fully saturated rings. The van der Waals surface area contributed by atoms with Gasteiger partial charge in [-0.1, -0.05) is 0 Å². The smallest absolute Gasteiger partial charge is 0.414 e. The Morgan fingerprint density at radius 3 is 3.29 bits per heavy atom. The van der Waals surface area contributed by atoms with Crippen LogP contribution >= 0.6 is 0 Å². The first-order chi connectivity index (χ1) is 6.70. The Morgan fingerprint density at radius 1 is 1.93 bits per heavy atom. The van der Waals surface area contributed by atoms with Crippen molar-refractivity contribution in [1.82, 2.24) is 9.55 Å². The van der Waals surface area contributed by atoms with Crippen LogP contribution in [0.25, 0.3) is 0 Å². The summed E-state index contributed by atoms with van der Waals surface area (Å²) in [7, 11) is 1.58. The molecule has 0 spiro atoms. The third-order valence-corrected chi connectivity index (χ3v) is 1.94. The van der Waals surface area contributed by atoms with E-state index in [0.717, 1.165) is 0 Å². The average Bonchev–Trinajstić information content (AvgIpc) is 2.61. The molecule has 0 radical (unpaired) electrons. The molecule has 0 saturated carbocycles. The molecule has 0 saturated heterocycles. The van der Waals surface area contributed by atoms with Gasteiger partial charge in [0.25, 0.3) is 0 Å². The van der Waals surface area contributed by atoms with Crippen LogP contribution in [0.4, 0.5) is 5.82 Å². The first kappa shape index (κ1) is 8.95. The summed E-state index contributed by atoms with van der Waals surface area (Å²) in [5, 5.41) is 10.4. The molecule has 0 amide bonds. The predicted octanol–water partition coefficient (Wildman–Crippen LogP) is 0.199. The molecular formula is C7H9N3O4. The standard InChI is InChI=1S/C7H9N3O4/c1-13-4-5-2-9-3-6(10(11)12)8-7(9)14-5/h3,5H,2,4H2,1H3. The van der Waals surface area contributed by atoms with Crippen LogP contribution in [-0.2, 0) is 11.3 Å². The fourth-order valence-corrected chi connectivity index (χ4v) is 1.38. The van der Waals surface area contributed by atoms with Gasteiger partial charge in [0.1, 0.15) is 12.3 Å². The van der Waals surface area contributed by atoms with E-state index in [9.17, 15) is 10.1 Å². The summed E-state index contributed by atoms with van der Waals surface area (Å²) < 4.78 is 11.8. The fraction of sp³-hybridized carbons (Fsp3) is 0.571. The predicted molar refractivity (Wildman–Crippen MR) is 45.2 cm³/mol. The van der Waals surface area contributed by atoms with Gasteiger partial charge in [-0.3, -0.25) is 4.57 Å². The lowest BCUT2D eigenvalue weighted by molar-refractivity contribution is -0.389. The highest BCUT2D eigenvalue weighted by molar-refractivity contribution is 5.22. The van der Waals surface area contributed by atoms with E-state index in [2.05, 4.69) is 4.98 Å². The van der Waals surface area contributed by atoms with Crippen molar-refractivity contribution < 1.29 is 14.4 Å². The minimum absolute atomic E-state index is 0.0942. The number of rotatable bonds is 3. The number of aromatic nitrogens is 2. The van der Waals surface area contributed by atoms with E-state index in [-0.39, 0.29) is 11.9 Å². The second-order valence-corrected chi connectivity index (χ2v) is 2.99. The maximum atomic E-state index is 10.4. The summed E-state index contributed by atoms with van der Waals surface area (Å²) in [5.41, 5.74) is 0. The maximum absolute atomic E-state index is 10.4. The van der Waals surface area contributed by atoms with Crippen molar-refractivity contribution in [1.29, 1.82) is 0 Å². The van der Waals surface area contributed by atoms with Crippen molar-refractivity contribution in [3.63, 3.8) is 0 Å². The van der Waals surface area contributed by atoms with E-state index < -0.39 is 4.92 Å². The molecule has 1 aromatic rings. The number of hydrogen-bond acceptors (Lipinski definition) is 5. The normalized spacial score (nSPS) is 19.1. The van der Waals surface area contributed by atoms with Gasteiger partial charge < -0.3 is 19.6 Å².